The van der Waals surface area contributed by atoms with Crippen molar-refractivity contribution in [1.82, 2.24) is 15.1 Å². The standard InChI is InChI=1S/C9H18N4O/c1-14-8-5-11-4-2-6-13-7-3-9(10)12-13/h3,7,11H,2,4-6,8H2,1H3,(H2,10,12). The second kappa shape index (κ2) is 6.39. The molecule has 1 rings (SSSR count). The number of aromatic nitrogens is 2. The first-order chi connectivity index (χ1) is 6.83. The Kier molecular flexibility index (Phi) is 5.03. The van der Waals surface area contributed by atoms with E-state index in [-0.39, 0.29) is 0 Å². The summed E-state index contributed by atoms with van der Waals surface area (Å²) in [5.74, 6) is 0.581. The Morgan fingerprint density at radius 2 is 2.43 bits per heavy atom. The molecule has 0 saturated carbocycles. The van der Waals surface area contributed by atoms with Crippen LogP contribution in [0.15, 0.2) is 12.3 Å². The van der Waals surface area contributed by atoms with Crippen LogP contribution in [0.5, 0.6) is 0 Å². The summed E-state index contributed by atoms with van der Waals surface area (Å²) in [5, 5.41) is 7.35. The molecular formula is C9H18N4O. The summed E-state index contributed by atoms with van der Waals surface area (Å²) in [5.41, 5.74) is 5.48. The molecule has 5 nitrogen and oxygen atoms in total. The Bertz CT molecular complexity index is 249. The summed E-state index contributed by atoms with van der Waals surface area (Å²) in [6.07, 6.45) is 2.94. The molecule has 3 N–H and O–H groups in total. The Morgan fingerprint density at radius 1 is 1.57 bits per heavy atom. The second-order valence-corrected chi connectivity index (χ2v) is 3.10. The number of hydrogen-bond donors (Lipinski definition) is 2. The number of rotatable bonds is 7. The second-order valence-electron chi connectivity index (χ2n) is 3.10. The summed E-state index contributed by atoms with van der Waals surface area (Å²) < 4.78 is 6.77. The third kappa shape index (κ3) is 4.25. The predicted molar refractivity (Wildman–Crippen MR) is 56.0 cm³/mol. The first kappa shape index (κ1) is 11.0. The van der Waals surface area contributed by atoms with E-state index in [1.807, 2.05) is 10.9 Å². The van der Waals surface area contributed by atoms with E-state index in [0.717, 1.165) is 32.7 Å². The molecule has 0 saturated heterocycles. The Morgan fingerprint density at radius 3 is 3.07 bits per heavy atom. The van der Waals surface area contributed by atoms with Gasteiger partial charge in [-0.25, -0.2) is 0 Å². The van der Waals surface area contributed by atoms with Gasteiger partial charge >= 0.3 is 0 Å². The lowest BCUT2D eigenvalue weighted by molar-refractivity contribution is 0.199. The lowest BCUT2D eigenvalue weighted by atomic mass is 10.4. The minimum Gasteiger partial charge on any atom is -0.383 e. The monoisotopic (exact) mass is 198 g/mol. The van der Waals surface area contributed by atoms with E-state index >= 15 is 0 Å². The van der Waals surface area contributed by atoms with E-state index in [2.05, 4.69) is 10.4 Å². The number of nitrogens with two attached hydrogens (primary N) is 1. The number of nitrogen functional groups attached to an aromatic ring is 1. The van der Waals surface area contributed by atoms with Crippen molar-refractivity contribution < 1.29 is 4.74 Å². The summed E-state index contributed by atoms with van der Waals surface area (Å²) >= 11 is 0. The van der Waals surface area contributed by atoms with Gasteiger partial charge in [0.15, 0.2) is 0 Å². The molecule has 0 radical (unpaired) electrons. The van der Waals surface area contributed by atoms with Crippen LogP contribution in [0.3, 0.4) is 0 Å². The molecule has 0 aromatic carbocycles. The Hall–Kier alpha value is -1.07. The van der Waals surface area contributed by atoms with Crippen molar-refractivity contribution in [3.05, 3.63) is 12.3 Å². The molecule has 0 spiro atoms. The molecule has 0 aliphatic rings. The number of ether oxygens (including phenoxy) is 1. The van der Waals surface area contributed by atoms with Gasteiger partial charge in [-0.2, -0.15) is 5.10 Å². The third-order valence-electron chi connectivity index (χ3n) is 1.89. The van der Waals surface area contributed by atoms with E-state index < -0.39 is 0 Å². The molecule has 0 fully saturated rings. The van der Waals surface area contributed by atoms with Crippen molar-refractivity contribution in [3.8, 4) is 0 Å². The van der Waals surface area contributed by atoms with Crippen LogP contribution in [-0.2, 0) is 11.3 Å². The van der Waals surface area contributed by atoms with Crippen molar-refractivity contribution >= 4 is 5.82 Å². The van der Waals surface area contributed by atoms with Crippen molar-refractivity contribution in [3.63, 3.8) is 0 Å². The van der Waals surface area contributed by atoms with E-state index in [0.29, 0.717) is 5.82 Å². The SMILES string of the molecule is COCCNCCCn1ccc(N)n1. The van der Waals surface area contributed by atoms with Gasteiger partial charge in [0, 0.05) is 26.4 Å². The zero-order valence-electron chi connectivity index (χ0n) is 8.57. The summed E-state index contributed by atoms with van der Waals surface area (Å²) in [6, 6.07) is 1.80. The minimum atomic E-state index is 0.581. The van der Waals surface area contributed by atoms with Gasteiger partial charge < -0.3 is 15.8 Å². The van der Waals surface area contributed by atoms with Crippen LogP contribution in [0.25, 0.3) is 0 Å². The number of anilines is 1. The van der Waals surface area contributed by atoms with E-state index in [4.69, 9.17) is 10.5 Å². The smallest absolute Gasteiger partial charge is 0.145 e. The minimum absolute atomic E-state index is 0.581. The molecule has 14 heavy (non-hydrogen) atoms. The van der Waals surface area contributed by atoms with Gasteiger partial charge in [-0.3, -0.25) is 4.68 Å². The number of nitrogens with one attached hydrogen (secondary N) is 1. The first-order valence-electron chi connectivity index (χ1n) is 4.81. The van der Waals surface area contributed by atoms with Crippen molar-refractivity contribution in [2.75, 3.05) is 32.5 Å². The molecule has 0 amide bonds. The lowest BCUT2D eigenvalue weighted by Crippen LogP contribution is -2.21. The third-order valence-corrected chi connectivity index (χ3v) is 1.89. The maximum atomic E-state index is 5.48. The maximum Gasteiger partial charge on any atom is 0.145 e. The van der Waals surface area contributed by atoms with E-state index in [1.54, 1.807) is 13.2 Å². The van der Waals surface area contributed by atoms with Crippen molar-refractivity contribution in [1.29, 1.82) is 0 Å². The molecule has 0 aliphatic carbocycles. The fourth-order valence-electron chi connectivity index (χ4n) is 1.17. The number of methoxy groups -OCH3 is 1. The quantitative estimate of drug-likeness (QED) is 0.609. The molecule has 0 atom stereocenters. The summed E-state index contributed by atoms with van der Waals surface area (Å²) in [7, 11) is 1.70. The molecule has 80 valence electrons. The van der Waals surface area contributed by atoms with Crippen LogP contribution in [0.1, 0.15) is 6.42 Å². The summed E-state index contributed by atoms with van der Waals surface area (Å²) in [6.45, 7) is 3.53. The lowest BCUT2D eigenvalue weighted by Gasteiger charge is -2.03. The molecule has 0 aliphatic heterocycles. The fraction of sp³-hybridized carbons (Fsp3) is 0.667. The van der Waals surface area contributed by atoms with Crippen LogP contribution in [0.2, 0.25) is 0 Å². The number of nitrogens with zero attached hydrogens (tertiary/aromatic N) is 2. The summed E-state index contributed by atoms with van der Waals surface area (Å²) in [4.78, 5) is 0. The van der Waals surface area contributed by atoms with Crippen molar-refractivity contribution in [2.24, 2.45) is 0 Å². The number of aryl methyl sites for hydroxylation is 1. The highest BCUT2D eigenvalue weighted by Crippen LogP contribution is 1.96. The molecular weight excluding hydrogens is 180 g/mol. The van der Waals surface area contributed by atoms with Gasteiger partial charge in [0.1, 0.15) is 5.82 Å². The average molecular weight is 198 g/mol. The molecule has 5 heteroatoms. The van der Waals surface area contributed by atoms with Crippen molar-refractivity contribution in [2.45, 2.75) is 13.0 Å². The highest BCUT2D eigenvalue weighted by molar-refractivity contribution is 5.23. The zero-order chi connectivity index (χ0) is 10.2. The van der Waals surface area contributed by atoms with Gasteiger partial charge in [0.25, 0.3) is 0 Å². The van der Waals surface area contributed by atoms with E-state index in [9.17, 15) is 0 Å². The average Bonchev–Trinajstić information content (AvgIpc) is 2.58. The van der Waals surface area contributed by atoms with Gasteiger partial charge in [-0.1, -0.05) is 0 Å². The first-order valence-corrected chi connectivity index (χ1v) is 4.81. The van der Waals surface area contributed by atoms with Crippen LogP contribution in [0.4, 0.5) is 5.82 Å². The maximum absolute atomic E-state index is 5.48. The molecule has 0 bridgehead atoms. The normalized spacial score (nSPS) is 10.6. The van der Waals surface area contributed by atoms with Crippen LogP contribution >= 0.6 is 0 Å². The predicted octanol–water partition coefficient (Wildman–Crippen LogP) is 0.0914. The van der Waals surface area contributed by atoms with Gasteiger partial charge in [-0.15, -0.1) is 0 Å². The largest absolute Gasteiger partial charge is 0.383 e. The molecule has 0 unspecified atom stereocenters. The molecule has 1 aromatic rings. The van der Waals surface area contributed by atoms with Gasteiger partial charge in [-0.05, 0) is 19.0 Å². The van der Waals surface area contributed by atoms with Gasteiger partial charge in [0.2, 0.25) is 0 Å². The highest BCUT2D eigenvalue weighted by atomic mass is 16.5. The highest BCUT2D eigenvalue weighted by Gasteiger charge is 1.93. The topological polar surface area (TPSA) is 65.1 Å². The van der Waals surface area contributed by atoms with Crippen LogP contribution < -0.4 is 11.1 Å². The fourth-order valence-corrected chi connectivity index (χ4v) is 1.17. The molecule has 1 aromatic heterocycles. The Labute approximate surface area is 84.2 Å². The van der Waals surface area contributed by atoms with E-state index in [1.165, 1.54) is 0 Å². The number of hydrogen-bond acceptors (Lipinski definition) is 4. The molecule has 1 heterocycles. The Balaban J connectivity index is 1.99. The zero-order valence-corrected chi connectivity index (χ0v) is 8.57. The van der Waals surface area contributed by atoms with Gasteiger partial charge in [0.05, 0.1) is 6.61 Å². The van der Waals surface area contributed by atoms with Crippen LogP contribution in [-0.4, -0.2) is 36.6 Å². The van der Waals surface area contributed by atoms with Crippen LogP contribution in [0, 0.1) is 0 Å².